The van der Waals surface area contributed by atoms with Gasteiger partial charge in [0.15, 0.2) is 0 Å². The van der Waals surface area contributed by atoms with Crippen LogP contribution in [0, 0.1) is 0 Å². The van der Waals surface area contributed by atoms with Crippen LogP contribution in [0.2, 0.25) is 0 Å². The molecule has 1 nitrogen and oxygen atoms in total. The average Bonchev–Trinajstić information content (AvgIpc) is 2.20. The van der Waals surface area contributed by atoms with Crippen molar-refractivity contribution in [1.82, 2.24) is 0 Å². The molecule has 0 spiro atoms. The highest BCUT2D eigenvalue weighted by Gasteiger charge is 1.93. The molecule has 0 unspecified atom stereocenters. The van der Waals surface area contributed by atoms with Gasteiger partial charge >= 0.3 is 0 Å². The van der Waals surface area contributed by atoms with Gasteiger partial charge in [-0.1, -0.05) is 45.4 Å². The van der Waals surface area contributed by atoms with Crippen molar-refractivity contribution in [1.29, 1.82) is 0 Å². The van der Waals surface area contributed by atoms with Crippen LogP contribution in [0.3, 0.4) is 0 Å². The van der Waals surface area contributed by atoms with Gasteiger partial charge in [-0.25, -0.2) is 0 Å². The molecule has 0 rings (SSSR count). The number of Topliss-reactive ketones (excluding diaryl/α,β-unsaturated/α-hetero) is 1. The molecule has 0 atom stereocenters. The molecular weight excluding hydrogens is 148 g/mol. The maximum Gasteiger partial charge on any atom is 0.129 e. The minimum absolute atomic E-state index is 0.0103. The molecule has 0 amide bonds. The molecule has 0 aromatic heterocycles. The first-order valence-corrected chi connectivity index (χ1v) is 4.76. The second kappa shape index (κ2) is 8.76. The van der Waals surface area contributed by atoms with Crippen molar-refractivity contribution in [3.8, 4) is 0 Å². The Labute approximate surface area is 83.6 Å². The monoisotopic (exact) mass is 175 g/mol. The number of hydrogen-bond acceptors (Lipinski definition) is 1. The fraction of sp³-hybridized carbons (Fsp3) is 0.909. The summed E-state index contributed by atoms with van der Waals surface area (Å²) in [5.41, 5.74) is 0. The highest BCUT2D eigenvalue weighted by Crippen LogP contribution is 2.08. The maximum atomic E-state index is 11.3. The van der Waals surface area contributed by atoms with Crippen LogP contribution in [-0.4, -0.2) is 5.78 Å². The summed E-state index contributed by atoms with van der Waals surface area (Å²) < 4.78 is 35.6. The van der Waals surface area contributed by atoms with E-state index in [-0.39, 0.29) is 6.42 Å². The molecule has 0 aliphatic heterocycles. The predicted octanol–water partition coefficient (Wildman–Crippen LogP) is 3.72. The molecule has 0 radical (unpaired) electrons. The minimum Gasteiger partial charge on any atom is -0.300 e. The van der Waals surface area contributed by atoms with Crippen LogP contribution in [0.25, 0.3) is 0 Å². The first-order valence-electron chi connectivity index (χ1n) is 7.26. The smallest absolute Gasteiger partial charge is 0.129 e. The van der Waals surface area contributed by atoms with Crippen LogP contribution in [-0.2, 0) is 4.79 Å². The van der Waals surface area contributed by atoms with Crippen LogP contribution >= 0.6 is 0 Å². The summed E-state index contributed by atoms with van der Waals surface area (Å²) >= 11 is 0. The fourth-order valence-electron chi connectivity index (χ4n) is 1.11. The fourth-order valence-corrected chi connectivity index (χ4v) is 1.11. The van der Waals surface area contributed by atoms with Gasteiger partial charge in [0.2, 0.25) is 0 Å². The van der Waals surface area contributed by atoms with Crippen LogP contribution < -0.4 is 0 Å². The lowest BCUT2D eigenvalue weighted by Crippen LogP contribution is -1.89. The molecule has 0 N–H and O–H groups in total. The van der Waals surface area contributed by atoms with E-state index in [0.29, 0.717) is 6.42 Å². The highest BCUT2D eigenvalue weighted by molar-refractivity contribution is 5.75. The van der Waals surface area contributed by atoms with Crippen LogP contribution in [0.15, 0.2) is 0 Å². The summed E-state index contributed by atoms with van der Waals surface area (Å²) in [6.07, 6.45) is 3.68. The zero-order valence-corrected chi connectivity index (χ0v) is 7.86. The van der Waals surface area contributed by atoms with E-state index >= 15 is 0 Å². The Morgan fingerprint density at radius 3 is 2.33 bits per heavy atom. The first-order chi connectivity index (χ1) is 7.72. The molecule has 0 bridgehead atoms. The van der Waals surface area contributed by atoms with Crippen LogP contribution in [0.1, 0.15) is 71.9 Å². The molecular formula is C11H22O. The Morgan fingerprint density at radius 1 is 1.17 bits per heavy atom. The first kappa shape index (κ1) is 5.41. The van der Waals surface area contributed by atoms with Gasteiger partial charge in [-0.15, -0.1) is 0 Å². The molecule has 0 saturated carbocycles. The molecule has 0 aromatic carbocycles. The van der Waals surface area contributed by atoms with Gasteiger partial charge in [-0.3, -0.25) is 0 Å². The minimum atomic E-state index is -2.83. The van der Waals surface area contributed by atoms with Gasteiger partial charge in [0.05, 0.1) is 0 Å². The van der Waals surface area contributed by atoms with Crippen molar-refractivity contribution < 1.29 is 11.6 Å². The van der Waals surface area contributed by atoms with Crippen molar-refractivity contribution in [2.24, 2.45) is 0 Å². The van der Waals surface area contributed by atoms with E-state index in [9.17, 15) is 4.79 Å². The summed E-state index contributed by atoms with van der Waals surface area (Å²) in [6.45, 7) is -0.709. The third-order valence-electron chi connectivity index (χ3n) is 1.82. The summed E-state index contributed by atoms with van der Waals surface area (Å²) in [6, 6.07) is 0. The third-order valence-corrected chi connectivity index (χ3v) is 1.82. The van der Waals surface area contributed by atoms with E-state index in [1.807, 2.05) is 0 Å². The Kier molecular flexibility index (Phi) is 3.95. The molecule has 12 heavy (non-hydrogen) atoms. The molecule has 1 heteroatoms. The van der Waals surface area contributed by atoms with Gasteiger partial charge in [0.25, 0.3) is 0 Å². The zero-order chi connectivity index (χ0) is 13.5. The molecule has 72 valence electrons. The van der Waals surface area contributed by atoms with E-state index in [2.05, 4.69) is 6.92 Å². The molecule has 0 fully saturated rings. The number of ketones is 1. The second-order valence-electron chi connectivity index (χ2n) is 3.02. The average molecular weight is 175 g/mol. The largest absolute Gasteiger partial charge is 0.300 e. The lowest BCUT2D eigenvalue weighted by atomic mass is 10.1. The van der Waals surface area contributed by atoms with E-state index in [4.69, 9.17) is 6.85 Å². The maximum absolute atomic E-state index is 11.3. The second-order valence-corrected chi connectivity index (χ2v) is 3.02. The Balaban J connectivity index is 3.90. The molecule has 0 saturated heterocycles. The number of carbonyl (C=O) groups is 1. The molecule has 0 aromatic rings. The van der Waals surface area contributed by atoms with Crippen molar-refractivity contribution >= 4 is 5.78 Å². The van der Waals surface area contributed by atoms with Crippen molar-refractivity contribution in [2.45, 2.75) is 65.1 Å². The quantitative estimate of drug-likeness (QED) is 0.514. The summed E-state index contributed by atoms with van der Waals surface area (Å²) in [7, 11) is 0. The molecule has 0 heterocycles. The number of hydrogen-bond donors (Lipinski definition) is 0. The lowest BCUT2D eigenvalue weighted by molar-refractivity contribution is -0.117. The normalized spacial score (nSPS) is 18.6. The lowest BCUT2D eigenvalue weighted by Gasteiger charge is -1.98. The van der Waals surface area contributed by atoms with Crippen molar-refractivity contribution in [3.63, 3.8) is 0 Å². The van der Waals surface area contributed by atoms with Crippen LogP contribution in [0.4, 0.5) is 0 Å². The number of carbonyl (C=O) groups excluding carboxylic acids is 1. The molecule has 0 aliphatic carbocycles. The van der Waals surface area contributed by atoms with E-state index in [1.54, 1.807) is 0 Å². The predicted molar refractivity (Wildman–Crippen MR) is 53.3 cm³/mol. The standard InChI is InChI=1S/C11H22O/c1-3-4-5-6-7-8-9-10-11(2)12/h3-10H2,1-2H3/i2D3,10D2. The summed E-state index contributed by atoms with van der Waals surface area (Å²) in [5.74, 6) is -1.27. The summed E-state index contributed by atoms with van der Waals surface area (Å²) in [4.78, 5) is 11.3. The van der Waals surface area contributed by atoms with Crippen LogP contribution in [0.5, 0.6) is 0 Å². The summed E-state index contributed by atoms with van der Waals surface area (Å²) in [5, 5.41) is 0. The van der Waals surface area contributed by atoms with Gasteiger partial charge < -0.3 is 4.79 Å². The zero-order valence-electron chi connectivity index (χ0n) is 12.9. The van der Waals surface area contributed by atoms with Gasteiger partial charge in [-0.05, 0) is 13.3 Å². The van der Waals surface area contributed by atoms with Gasteiger partial charge in [0.1, 0.15) is 5.78 Å². The van der Waals surface area contributed by atoms with Crippen molar-refractivity contribution in [3.05, 3.63) is 0 Å². The highest BCUT2D eigenvalue weighted by atomic mass is 16.1. The Bertz CT molecular complexity index is 235. The SMILES string of the molecule is [2H]C([2H])([2H])C(=O)C([2H])([2H])CCCCCCCC. The third kappa shape index (κ3) is 9.67. The van der Waals surface area contributed by atoms with Gasteiger partial charge in [0, 0.05) is 13.2 Å². The topological polar surface area (TPSA) is 17.1 Å². The van der Waals surface area contributed by atoms with Gasteiger partial charge in [-0.2, -0.15) is 0 Å². The van der Waals surface area contributed by atoms with E-state index in [0.717, 1.165) is 25.7 Å². The van der Waals surface area contributed by atoms with Crippen molar-refractivity contribution in [2.75, 3.05) is 0 Å². The Hall–Kier alpha value is -0.330. The molecule has 0 aliphatic rings. The number of unbranched alkanes of at least 4 members (excludes halogenated alkanes) is 5. The number of rotatable bonds is 8. The Morgan fingerprint density at radius 2 is 1.75 bits per heavy atom. The van der Waals surface area contributed by atoms with E-state index < -0.39 is 19.0 Å². The van der Waals surface area contributed by atoms with E-state index in [1.165, 1.54) is 6.42 Å².